The summed E-state index contributed by atoms with van der Waals surface area (Å²) in [5.41, 5.74) is 1.86. The SMILES string of the molecule is COc1ccc(-n2ccn3c(SCc4cccc(Cl)c4)nnc3c2=O)cc1. The Bertz CT molecular complexity index is 1150. The molecule has 0 amide bonds. The Labute approximate surface area is 164 Å². The summed E-state index contributed by atoms with van der Waals surface area (Å²) in [6, 6.07) is 14.9. The van der Waals surface area contributed by atoms with Crippen LogP contribution in [0.3, 0.4) is 0 Å². The highest BCUT2D eigenvalue weighted by atomic mass is 35.5. The Hall–Kier alpha value is -2.77. The molecule has 27 heavy (non-hydrogen) atoms. The minimum absolute atomic E-state index is 0.232. The van der Waals surface area contributed by atoms with Gasteiger partial charge in [0.05, 0.1) is 7.11 Å². The zero-order valence-corrected chi connectivity index (χ0v) is 15.9. The van der Waals surface area contributed by atoms with E-state index >= 15 is 0 Å². The molecule has 0 N–H and O–H groups in total. The molecule has 6 nitrogen and oxygen atoms in total. The number of benzene rings is 2. The first kappa shape index (κ1) is 17.6. The van der Waals surface area contributed by atoms with Crippen LogP contribution < -0.4 is 10.3 Å². The number of rotatable bonds is 5. The first-order valence-corrected chi connectivity index (χ1v) is 9.50. The van der Waals surface area contributed by atoms with Gasteiger partial charge in [0.25, 0.3) is 0 Å². The van der Waals surface area contributed by atoms with Crippen molar-refractivity contribution in [3.05, 3.63) is 81.9 Å². The number of halogens is 1. The molecule has 8 heteroatoms. The van der Waals surface area contributed by atoms with Gasteiger partial charge < -0.3 is 4.74 Å². The highest BCUT2D eigenvalue weighted by molar-refractivity contribution is 7.98. The van der Waals surface area contributed by atoms with Crippen LogP contribution in [0.15, 0.2) is 70.9 Å². The van der Waals surface area contributed by atoms with E-state index in [0.717, 1.165) is 17.0 Å². The van der Waals surface area contributed by atoms with E-state index in [-0.39, 0.29) is 11.2 Å². The molecule has 0 aliphatic rings. The zero-order valence-electron chi connectivity index (χ0n) is 14.4. The van der Waals surface area contributed by atoms with Gasteiger partial charge >= 0.3 is 5.56 Å². The van der Waals surface area contributed by atoms with Gasteiger partial charge in [0.2, 0.25) is 5.65 Å². The lowest BCUT2D eigenvalue weighted by Gasteiger charge is -2.07. The van der Waals surface area contributed by atoms with Gasteiger partial charge in [-0.25, -0.2) is 0 Å². The fourth-order valence-electron chi connectivity index (χ4n) is 2.69. The monoisotopic (exact) mass is 398 g/mol. The van der Waals surface area contributed by atoms with Crippen LogP contribution in [0.25, 0.3) is 11.3 Å². The smallest absolute Gasteiger partial charge is 0.300 e. The molecule has 0 radical (unpaired) electrons. The summed E-state index contributed by atoms with van der Waals surface area (Å²) in [6.07, 6.45) is 3.51. The molecule has 4 rings (SSSR count). The summed E-state index contributed by atoms with van der Waals surface area (Å²) in [6.45, 7) is 0. The quantitative estimate of drug-likeness (QED) is 0.478. The highest BCUT2D eigenvalue weighted by Gasteiger charge is 2.12. The maximum absolute atomic E-state index is 12.8. The van der Waals surface area contributed by atoms with Gasteiger partial charge in [-0.1, -0.05) is 35.5 Å². The number of hydrogen-bond acceptors (Lipinski definition) is 5. The molecule has 0 atom stereocenters. The van der Waals surface area contributed by atoms with Gasteiger partial charge in [0.1, 0.15) is 5.75 Å². The predicted molar refractivity (Wildman–Crippen MR) is 106 cm³/mol. The van der Waals surface area contributed by atoms with E-state index in [1.165, 1.54) is 16.3 Å². The van der Waals surface area contributed by atoms with Gasteiger partial charge in [0.15, 0.2) is 5.16 Å². The predicted octanol–water partition coefficient (Wildman–Crippen LogP) is 3.83. The molecule has 2 heterocycles. The number of hydrogen-bond donors (Lipinski definition) is 0. The number of fused-ring (bicyclic) bond motifs is 1. The van der Waals surface area contributed by atoms with Gasteiger partial charge in [-0.2, -0.15) is 0 Å². The molecule has 2 aromatic heterocycles. The summed E-state index contributed by atoms with van der Waals surface area (Å²) < 4.78 is 8.40. The lowest BCUT2D eigenvalue weighted by Crippen LogP contribution is -2.20. The van der Waals surface area contributed by atoms with Crippen LogP contribution in [-0.4, -0.2) is 26.3 Å². The molecule has 0 spiro atoms. The number of nitrogens with zero attached hydrogens (tertiary/aromatic N) is 4. The van der Waals surface area contributed by atoms with Crippen LogP contribution in [0, 0.1) is 0 Å². The second-order valence-corrected chi connectivity index (χ2v) is 7.15. The molecule has 0 unspecified atom stereocenters. The van der Waals surface area contributed by atoms with Crippen molar-refractivity contribution in [1.29, 1.82) is 0 Å². The highest BCUT2D eigenvalue weighted by Crippen LogP contribution is 2.23. The topological polar surface area (TPSA) is 61.4 Å². The third-order valence-corrected chi connectivity index (χ3v) is 5.30. The van der Waals surface area contributed by atoms with Crippen LogP contribution in [0.2, 0.25) is 5.02 Å². The van der Waals surface area contributed by atoms with Crippen LogP contribution in [0.4, 0.5) is 0 Å². The second kappa shape index (κ2) is 7.46. The van der Waals surface area contributed by atoms with Crippen molar-refractivity contribution in [1.82, 2.24) is 19.2 Å². The van der Waals surface area contributed by atoms with E-state index in [4.69, 9.17) is 16.3 Å². The van der Waals surface area contributed by atoms with Crippen molar-refractivity contribution in [2.24, 2.45) is 0 Å². The summed E-state index contributed by atoms with van der Waals surface area (Å²) in [5, 5.41) is 9.59. The number of thioether (sulfide) groups is 1. The van der Waals surface area contributed by atoms with E-state index in [0.29, 0.717) is 15.9 Å². The Balaban J connectivity index is 1.64. The Morgan fingerprint density at radius 1 is 1.11 bits per heavy atom. The molecule has 0 fully saturated rings. The fourth-order valence-corrected chi connectivity index (χ4v) is 3.76. The van der Waals surface area contributed by atoms with Crippen molar-refractivity contribution in [3.8, 4) is 11.4 Å². The maximum atomic E-state index is 12.8. The first-order chi connectivity index (χ1) is 13.2. The first-order valence-electron chi connectivity index (χ1n) is 8.14. The van der Waals surface area contributed by atoms with Gasteiger partial charge in [0, 0.05) is 28.9 Å². The fraction of sp³-hybridized carbons (Fsp3) is 0.105. The summed E-state index contributed by atoms with van der Waals surface area (Å²) >= 11 is 7.52. The number of aromatic nitrogens is 4. The third kappa shape index (κ3) is 3.56. The molecular formula is C19H15ClN4O2S. The molecule has 136 valence electrons. The molecule has 0 saturated carbocycles. The van der Waals surface area contributed by atoms with E-state index < -0.39 is 0 Å². The van der Waals surface area contributed by atoms with Gasteiger partial charge in [-0.15, -0.1) is 10.2 Å². The standard InChI is InChI=1S/C19H15ClN4O2S/c1-26-16-7-5-15(6-8-16)23-9-10-24-17(18(23)25)21-22-19(24)27-12-13-3-2-4-14(20)11-13/h2-11H,12H2,1H3. The Morgan fingerprint density at radius 3 is 2.67 bits per heavy atom. The van der Waals surface area contributed by atoms with Gasteiger partial charge in [-0.3, -0.25) is 13.8 Å². The summed E-state index contributed by atoms with van der Waals surface area (Å²) in [7, 11) is 1.60. The molecule has 0 saturated heterocycles. The van der Waals surface area contributed by atoms with Crippen molar-refractivity contribution >= 4 is 29.0 Å². The molecule has 0 aliphatic carbocycles. The van der Waals surface area contributed by atoms with Crippen LogP contribution in [0.5, 0.6) is 5.75 Å². The Morgan fingerprint density at radius 2 is 1.93 bits per heavy atom. The van der Waals surface area contributed by atoms with Gasteiger partial charge in [-0.05, 0) is 42.0 Å². The molecule has 4 aromatic rings. The number of ether oxygens (including phenoxy) is 1. The minimum atomic E-state index is -0.232. The van der Waals surface area contributed by atoms with Crippen molar-refractivity contribution in [2.75, 3.05) is 7.11 Å². The van der Waals surface area contributed by atoms with E-state index in [1.807, 2.05) is 48.5 Å². The van der Waals surface area contributed by atoms with Crippen LogP contribution in [0.1, 0.15) is 5.56 Å². The second-order valence-electron chi connectivity index (χ2n) is 5.77. The molecule has 0 aliphatic heterocycles. The maximum Gasteiger partial charge on any atom is 0.300 e. The van der Waals surface area contributed by atoms with E-state index in [9.17, 15) is 4.79 Å². The normalized spacial score (nSPS) is 11.0. The van der Waals surface area contributed by atoms with E-state index in [2.05, 4.69) is 10.2 Å². The average Bonchev–Trinajstić information content (AvgIpc) is 3.11. The molecule has 0 bridgehead atoms. The minimum Gasteiger partial charge on any atom is -0.497 e. The molecular weight excluding hydrogens is 384 g/mol. The third-order valence-electron chi connectivity index (χ3n) is 4.05. The van der Waals surface area contributed by atoms with Crippen molar-refractivity contribution in [2.45, 2.75) is 10.9 Å². The average molecular weight is 399 g/mol. The van der Waals surface area contributed by atoms with E-state index in [1.54, 1.807) is 23.9 Å². The lowest BCUT2D eigenvalue weighted by atomic mass is 10.2. The number of methoxy groups -OCH3 is 1. The van der Waals surface area contributed by atoms with Crippen molar-refractivity contribution < 1.29 is 4.74 Å². The largest absolute Gasteiger partial charge is 0.497 e. The molecule has 2 aromatic carbocycles. The van der Waals surface area contributed by atoms with Crippen LogP contribution >= 0.6 is 23.4 Å². The van der Waals surface area contributed by atoms with Crippen LogP contribution in [-0.2, 0) is 5.75 Å². The summed E-state index contributed by atoms with van der Waals surface area (Å²) in [5.74, 6) is 1.41. The summed E-state index contributed by atoms with van der Waals surface area (Å²) in [4.78, 5) is 12.8. The Kier molecular flexibility index (Phi) is 4.87. The van der Waals surface area contributed by atoms with Crippen molar-refractivity contribution in [3.63, 3.8) is 0 Å². The zero-order chi connectivity index (χ0) is 18.8. The lowest BCUT2D eigenvalue weighted by molar-refractivity contribution is 0.414.